The molecular weight excluding hydrogens is 422 g/mol. The summed E-state index contributed by atoms with van der Waals surface area (Å²) in [5, 5.41) is 6.51. The molecule has 0 spiro atoms. The van der Waals surface area contributed by atoms with Crippen LogP contribution in [0.1, 0.15) is 10.5 Å². The zero-order valence-electron chi connectivity index (χ0n) is 16.8. The Kier molecular flexibility index (Phi) is 6.03. The van der Waals surface area contributed by atoms with Crippen molar-refractivity contribution in [2.24, 2.45) is 0 Å². The minimum Gasteiger partial charge on any atom is -0.497 e. The zero-order chi connectivity index (χ0) is 21.8. The predicted octanol–water partition coefficient (Wildman–Crippen LogP) is 2.62. The summed E-state index contributed by atoms with van der Waals surface area (Å²) in [7, 11) is -2.01. The number of amides is 1. The van der Waals surface area contributed by atoms with E-state index in [1.807, 2.05) is 0 Å². The molecule has 1 amide bonds. The summed E-state index contributed by atoms with van der Waals surface area (Å²) >= 11 is 0. The van der Waals surface area contributed by atoms with Crippen LogP contribution in [0.15, 0.2) is 64.0 Å². The molecule has 0 aliphatic carbocycles. The topological polar surface area (TPSA) is 111 Å². The third kappa shape index (κ3) is 4.61. The van der Waals surface area contributed by atoms with E-state index in [1.165, 1.54) is 34.6 Å². The number of benzene rings is 2. The van der Waals surface area contributed by atoms with Gasteiger partial charge in [-0.15, -0.1) is 0 Å². The minimum absolute atomic E-state index is 0.107. The van der Waals surface area contributed by atoms with E-state index in [1.54, 1.807) is 31.4 Å². The monoisotopic (exact) mass is 443 g/mol. The number of rotatable bonds is 6. The van der Waals surface area contributed by atoms with Crippen LogP contribution < -0.4 is 10.1 Å². The van der Waals surface area contributed by atoms with Crippen LogP contribution in [0.2, 0.25) is 0 Å². The normalized spacial score (nSPS) is 14.9. The number of nitrogens with one attached hydrogen (secondary N) is 1. The fourth-order valence-corrected chi connectivity index (χ4v) is 4.52. The first kappa shape index (κ1) is 21.0. The van der Waals surface area contributed by atoms with E-state index in [4.69, 9.17) is 14.0 Å². The molecule has 0 atom stereocenters. The Morgan fingerprint density at radius 1 is 1.06 bits per heavy atom. The van der Waals surface area contributed by atoms with E-state index in [0.29, 0.717) is 43.5 Å². The third-order valence-electron chi connectivity index (χ3n) is 4.84. The van der Waals surface area contributed by atoms with Gasteiger partial charge in [-0.1, -0.05) is 5.16 Å². The molecule has 2 aromatic carbocycles. The van der Waals surface area contributed by atoms with Crippen LogP contribution >= 0.6 is 0 Å². The maximum Gasteiger partial charge on any atom is 0.277 e. The van der Waals surface area contributed by atoms with Gasteiger partial charge in [-0.25, -0.2) is 8.42 Å². The molecule has 1 fully saturated rings. The highest BCUT2D eigenvalue weighted by molar-refractivity contribution is 7.89. The second-order valence-electron chi connectivity index (χ2n) is 6.80. The van der Waals surface area contributed by atoms with Gasteiger partial charge >= 0.3 is 0 Å². The van der Waals surface area contributed by atoms with Gasteiger partial charge in [0.2, 0.25) is 10.0 Å². The standard InChI is InChI=1S/C21H21N3O6S/c1-28-17-6-2-15(3-7-17)20-14-19(23-30-20)21(25)22-16-4-8-18(9-5-16)31(26,27)24-10-12-29-13-11-24/h2-9,14H,10-13H2,1H3,(H,22,25). The van der Waals surface area contributed by atoms with Crippen LogP contribution in [0.5, 0.6) is 5.75 Å². The summed E-state index contributed by atoms with van der Waals surface area (Å²) in [6.45, 7) is 1.40. The van der Waals surface area contributed by atoms with Gasteiger partial charge in [0.1, 0.15) is 5.75 Å². The molecule has 31 heavy (non-hydrogen) atoms. The molecule has 162 valence electrons. The average molecular weight is 443 g/mol. The molecule has 1 aliphatic rings. The molecule has 0 unspecified atom stereocenters. The van der Waals surface area contributed by atoms with Crippen molar-refractivity contribution in [3.05, 3.63) is 60.3 Å². The number of ether oxygens (including phenoxy) is 2. The fourth-order valence-electron chi connectivity index (χ4n) is 3.11. The van der Waals surface area contributed by atoms with Gasteiger partial charge in [-0.2, -0.15) is 4.31 Å². The predicted molar refractivity (Wildman–Crippen MR) is 112 cm³/mol. The third-order valence-corrected chi connectivity index (χ3v) is 6.75. The average Bonchev–Trinajstić information content (AvgIpc) is 3.31. The minimum atomic E-state index is -3.59. The maximum absolute atomic E-state index is 12.7. The quantitative estimate of drug-likeness (QED) is 0.623. The molecule has 9 nitrogen and oxygen atoms in total. The Labute approximate surface area is 179 Å². The van der Waals surface area contributed by atoms with E-state index in [9.17, 15) is 13.2 Å². The van der Waals surface area contributed by atoms with E-state index < -0.39 is 15.9 Å². The van der Waals surface area contributed by atoms with Crippen LogP contribution in [0.25, 0.3) is 11.3 Å². The van der Waals surface area contributed by atoms with Gasteiger partial charge in [-0.05, 0) is 48.5 Å². The first-order valence-corrected chi connectivity index (χ1v) is 11.0. The van der Waals surface area contributed by atoms with Crippen molar-refractivity contribution in [2.45, 2.75) is 4.90 Å². The van der Waals surface area contributed by atoms with Crippen molar-refractivity contribution in [1.29, 1.82) is 0 Å². The number of nitrogens with zero attached hydrogens (tertiary/aromatic N) is 2. The number of aromatic nitrogens is 1. The Bertz CT molecular complexity index is 1150. The van der Waals surface area contributed by atoms with E-state index in [0.717, 1.165) is 5.56 Å². The Morgan fingerprint density at radius 3 is 2.39 bits per heavy atom. The summed E-state index contributed by atoms with van der Waals surface area (Å²) in [4.78, 5) is 12.7. The van der Waals surface area contributed by atoms with Crippen LogP contribution in [-0.2, 0) is 14.8 Å². The van der Waals surface area contributed by atoms with Gasteiger partial charge in [-0.3, -0.25) is 4.79 Å². The number of anilines is 1. The highest BCUT2D eigenvalue weighted by Crippen LogP contribution is 2.24. The second-order valence-corrected chi connectivity index (χ2v) is 8.74. The lowest BCUT2D eigenvalue weighted by atomic mass is 10.1. The van der Waals surface area contributed by atoms with Gasteiger partial charge in [0.25, 0.3) is 5.91 Å². The van der Waals surface area contributed by atoms with E-state index in [2.05, 4.69) is 10.5 Å². The molecular formula is C21H21N3O6S. The van der Waals surface area contributed by atoms with Crippen molar-refractivity contribution in [1.82, 2.24) is 9.46 Å². The fraction of sp³-hybridized carbons (Fsp3) is 0.238. The maximum atomic E-state index is 12.7. The molecule has 1 aromatic heterocycles. The summed E-state index contributed by atoms with van der Waals surface area (Å²) in [6.07, 6.45) is 0. The first-order chi connectivity index (χ1) is 15.0. The Morgan fingerprint density at radius 2 is 1.74 bits per heavy atom. The number of methoxy groups -OCH3 is 1. The zero-order valence-corrected chi connectivity index (χ0v) is 17.6. The smallest absolute Gasteiger partial charge is 0.277 e. The molecule has 0 bridgehead atoms. The highest BCUT2D eigenvalue weighted by Gasteiger charge is 2.26. The van der Waals surface area contributed by atoms with Crippen molar-refractivity contribution in [3.8, 4) is 17.1 Å². The van der Waals surface area contributed by atoms with Crippen molar-refractivity contribution in [2.75, 3.05) is 38.7 Å². The molecule has 1 saturated heterocycles. The van der Waals surface area contributed by atoms with E-state index >= 15 is 0 Å². The highest BCUT2D eigenvalue weighted by atomic mass is 32.2. The van der Waals surface area contributed by atoms with E-state index in [-0.39, 0.29) is 10.6 Å². The second kappa shape index (κ2) is 8.88. The molecule has 10 heteroatoms. The van der Waals surface area contributed by atoms with Gasteiger partial charge in [0, 0.05) is 30.4 Å². The van der Waals surface area contributed by atoms with Crippen molar-refractivity contribution >= 4 is 21.6 Å². The summed E-state index contributed by atoms with van der Waals surface area (Å²) < 4.78 is 42.3. The summed E-state index contributed by atoms with van der Waals surface area (Å²) in [6, 6.07) is 14.7. The van der Waals surface area contributed by atoms with Crippen molar-refractivity contribution < 1.29 is 27.2 Å². The number of carbonyl (C=O) groups is 1. The lowest BCUT2D eigenvalue weighted by Gasteiger charge is -2.26. The lowest BCUT2D eigenvalue weighted by Crippen LogP contribution is -2.40. The molecule has 1 aliphatic heterocycles. The van der Waals surface area contributed by atoms with Crippen LogP contribution in [0, 0.1) is 0 Å². The number of hydrogen-bond acceptors (Lipinski definition) is 7. The SMILES string of the molecule is COc1ccc(-c2cc(C(=O)Nc3ccc(S(=O)(=O)N4CCOCC4)cc3)no2)cc1. The lowest BCUT2D eigenvalue weighted by molar-refractivity contribution is 0.0730. The molecule has 0 saturated carbocycles. The molecule has 2 heterocycles. The Hall–Kier alpha value is -3.21. The molecule has 1 N–H and O–H groups in total. The summed E-state index contributed by atoms with van der Waals surface area (Å²) in [5.74, 6) is 0.687. The van der Waals surface area contributed by atoms with Gasteiger partial charge in [0.15, 0.2) is 11.5 Å². The largest absolute Gasteiger partial charge is 0.497 e. The van der Waals surface area contributed by atoms with Crippen LogP contribution in [0.3, 0.4) is 0 Å². The molecule has 4 rings (SSSR count). The first-order valence-electron chi connectivity index (χ1n) is 9.58. The van der Waals surface area contributed by atoms with Crippen LogP contribution in [-0.4, -0.2) is 57.2 Å². The van der Waals surface area contributed by atoms with Gasteiger partial charge < -0.3 is 19.3 Å². The van der Waals surface area contributed by atoms with Crippen molar-refractivity contribution in [3.63, 3.8) is 0 Å². The Balaban J connectivity index is 1.43. The van der Waals surface area contributed by atoms with Gasteiger partial charge in [0.05, 0.1) is 25.2 Å². The van der Waals surface area contributed by atoms with Crippen LogP contribution in [0.4, 0.5) is 5.69 Å². The molecule has 3 aromatic rings. The number of hydrogen-bond donors (Lipinski definition) is 1. The summed E-state index contributed by atoms with van der Waals surface area (Å²) in [5.41, 5.74) is 1.31. The number of carbonyl (C=O) groups excluding carboxylic acids is 1. The molecule has 0 radical (unpaired) electrons. The number of morpholine rings is 1. The number of sulfonamides is 1.